The van der Waals surface area contributed by atoms with Gasteiger partial charge in [-0.15, -0.1) is 0 Å². The van der Waals surface area contributed by atoms with Crippen LogP contribution in [0.5, 0.6) is 5.75 Å². The number of nitrogens with zero attached hydrogens (tertiary/aromatic N) is 1. The van der Waals surface area contributed by atoms with Crippen molar-refractivity contribution >= 4 is 28.5 Å². The predicted molar refractivity (Wildman–Crippen MR) is 129 cm³/mol. The summed E-state index contributed by atoms with van der Waals surface area (Å²) in [6.07, 6.45) is 2.33. The summed E-state index contributed by atoms with van der Waals surface area (Å²) in [6, 6.07) is 19.1. The van der Waals surface area contributed by atoms with E-state index in [-0.39, 0.29) is 5.75 Å². The molecule has 0 aromatic heterocycles. The number of nitrogens with one attached hydrogen (secondary N) is 1. The molecule has 7 heteroatoms. The minimum atomic E-state index is -1.02. The van der Waals surface area contributed by atoms with Gasteiger partial charge in [-0.1, -0.05) is 50.3 Å². The van der Waals surface area contributed by atoms with Crippen LogP contribution >= 0.6 is 0 Å². The summed E-state index contributed by atoms with van der Waals surface area (Å²) >= 11 is 0. The van der Waals surface area contributed by atoms with Gasteiger partial charge in [0.2, 0.25) is 0 Å². The van der Waals surface area contributed by atoms with E-state index >= 15 is 0 Å². The molecule has 0 radical (unpaired) electrons. The number of benzene rings is 3. The second-order valence-electron chi connectivity index (χ2n) is 8.59. The second kappa shape index (κ2) is 10.5. The third kappa shape index (κ3) is 5.93. The molecule has 34 heavy (non-hydrogen) atoms. The minimum absolute atomic E-state index is 0.127. The van der Waals surface area contributed by atoms with Gasteiger partial charge in [0.15, 0.2) is 0 Å². The van der Waals surface area contributed by atoms with E-state index in [0.29, 0.717) is 29.5 Å². The van der Waals surface area contributed by atoms with E-state index in [2.05, 4.69) is 5.32 Å². The Labute approximate surface area is 197 Å². The number of ether oxygens (including phenoxy) is 1. The lowest BCUT2D eigenvalue weighted by Gasteiger charge is -2.35. The number of hydrogen-bond donors (Lipinski definition) is 3. The third-order valence-corrected chi connectivity index (χ3v) is 5.63. The van der Waals surface area contributed by atoms with Gasteiger partial charge in [0.05, 0.1) is 11.6 Å². The van der Waals surface area contributed by atoms with Crippen molar-refractivity contribution < 1.29 is 24.5 Å². The lowest BCUT2D eigenvalue weighted by Crippen LogP contribution is -2.29. The molecule has 0 unspecified atom stereocenters. The summed E-state index contributed by atoms with van der Waals surface area (Å²) in [6.45, 7) is 3.89. The maximum atomic E-state index is 12.9. The largest absolute Gasteiger partial charge is 0.507 e. The van der Waals surface area contributed by atoms with Gasteiger partial charge in [-0.2, -0.15) is 5.26 Å². The summed E-state index contributed by atoms with van der Waals surface area (Å²) in [5, 5.41) is 32.2. The number of hydrogen-bond acceptors (Lipinski definition) is 5. The molecular formula is C27H26N2O5. The first-order chi connectivity index (χ1) is 16.2. The van der Waals surface area contributed by atoms with Crippen LogP contribution < -0.4 is 5.32 Å². The number of anilines is 1. The number of amides is 1. The number of nitriles is 1. The van der Waals surface area contributed by atoms with Crippen molar-refractivity contribution in [2.75, 3.05) is 5.32 Å². The van der Waals surface area contributed by atoms with Crippen LogP contribution in [0.25, 0.3) is 10.8 Å². The van der Waals surface area contributed by atoms with Crippen LogP contribution in [0.4, 0.5) is 10.5 Å². The lowest BCUT2D eigenvalue weighted by atomic mass is 9.77. The average molecular weight is 459 g/mol. The molecule has 3 N–H and O–H groups in total. The molecule has 0 aliphatic carbocycles. The number of carbonyl (C=O) groups excluding carboxylic acids is 1. The lowest BCUT2D eigenvalue weighted by molar-refractivity contribution is -0.131. The molecule has 0 aliphatic rings. The second-order valence-corrected chi connectivity index (χ2v) is 8.59. The highest BCUT2D eigenvalue weighted by atomic mass is 16.6. The first-order valence-electron chi connectivity index (χ1n) is 10.8. The topological polar surface area (TPSA) is 120 Å². The molecule has 0 heterocycles. The van der Waals surface area contributed by atoms with Crippen molar-refractivity contribution in [1.29, 1.82) is 5.26 Å². The smallest absolute Gasteiger partial charge is 0.412 e. The Balaban J connectivity index is 1.93. The number of aliphatic carboxylic acids is 1. The Hall–Kier alpha value is -4.31. The van der Waals surface area contributed by atoms with Crippen LogP contribution in [0.3, 0.4) is 0 Å². The first kappa shape index (κ1) is 24.3. The van der Waals surface area contributed by atoms with Gasteiger partial charge in [-0.3, -0.25) is 5.32 Å². The summed E-state index contributed by atoms with van der Waals surface area (Å²) < 4.78 is 5.95. The Morgan fingerprint density at radius 1 is 1.09 bits per heavy atom. The number of phenols is 1. The number of aromatic hydroxyl groups is 1. The molecule has 0 spiro atoms. The quantitative estimate of drug-likeness (QED) is 0.348. The summed E-state index contributed by atoms with van der Waals surface area (Å²) in [5.41, 5.74) is 1.11. The normalized spacial score (nSPS) is 12.3. The molecule has 0 bridgehead atoms. The molecule has 3 aromatic rings. The zero-order valence-corrected chi connectivity index (χ0v) is 19.0. The molecule has 0 fully saturated rings. The van der Waals surface area contributed by atoms with Crippen molar-refractivity contribution in [3.63, 3.8) is 0 Å². The molecule has 174 valence electrons. The van der Waals surface area contributed by atoms with Crippen LogP contribution in [0.1, 0.15) is 43.9 Å². The van der Waals surface area contributed by atoms with Crippen LogP contribution in [0, 0.1) is 16.7 Å². The van der Waals surface area contributed by atoms with Crippen molar-refractivity contribution in [2.24, 2.45) is 5.41 Å². The highest BCUT2D eigenvalue weighted by Crippen LogP contribution is 2.44. The van der Waals surface area contributed by atoms with Gasteiger partial charge in [0, 0.05) is 28.1 Å². The summed E-state index contributed by atoms with van der Waals surface area (Å²) in [4.78, 5) is 23.7. The van der Waals surface area contributed by atoms with Crippen LogP contribution in [0.15, 0.2) is 72.8 Å². The van der Waals surface area contributed by atoms with E-state index in [4.69, 9.17) is 15.1 Å². The first-order valence-corrected chi connectivity index (χ1v) is 10.8. The molecule has 7 nitrogen and oxygen atoms in total. The van der Waals surface area contributed by atoms with Crippen LogP contribution in [0.2, 0.25) is 0 Å². The minimum Gasteiger partial charge on any atom is -0.507 e. The highest BCUT2D eigenvalue weighted by Gasteiger charge is 2.35. The molecule has 0 saturated carbocycles. The Morgan fingerprint density at radius 2 is 1.76 bits per heavy atom. The summed E-state index contributed by atoms with van der Waals surface area (Å²) in [7, 11) is 0. The Kier molecular flexibility index (Phi) is 7.54. The van der Waals surface area contributed by atoms with Crippen molar-refractivity contribution in [3.8, 4) is 11.8 Å². The molecule has 3 rings (SSSR count). The van der Waals surface area contributed by atoms with E-state index in [0.717, 1.165) is 17.0 Å². The fourth-order valence-electron chi connectivity index (χ4n) is 3.83. The number of phenolic OH excluding ortho intramolecular Hbond substituents is 1. The van der Waals surface area contributed by atoms with E-state index in [1.54, 1.807) is 48.5 Å². The summed E-state index contributed by atoms with van der Waals surface area (Å²) in [5.74, 6) is -0.890. The molecule has 3 aromatic carbocycles. The fraction of sp³-hybridized carbons (Fsp3) is 0.222. The van der Waals surface area contributed by atoms with Crippen molar-refractivity contribution in [2.45, 2.75) is 32.8 Å². The van der Waals surface area contributed by atoms with Crippen molar-refractivity contribution in [1.82, 2.24) is 0 Å². The molecule has 0 aliphatic heterocycles. The van der Waals surface area contributed by atoms with E-state index in [1.807, 2.05) is 38.1 Å². The molecule has 1 atom stereocenters. The number of allylic oxidation sites excluding steroid dienone is 1. The van der Waals surface area contributed by atoms with Gasteiger partial charge in [-0.25, -0.2) is 9.59 Å². The monoisotopic (exact) mass is 458 g/mol. The van der Waals surface area contributed by atoms with E-state index in [9.17, 15) is 14.7 Å². The Bertz CT molecular complexity index is 1260. The zero-order valence-electron chi connectivity index (χ0n) is 19.0. The van der Waals surface area contributed by atoms with Crippen LogP contribution in [-0.2, 0) is 9.53 Å². The number of carboxylic acid groups (broad SMARTS) is 1. The standard InChI is InChI=1S/C27H26N2O5/c1-27(2,16-6-5-9-24(31)32)25(22-14-15-23(30)21-8-4-3-7-20(21)22)34-26(33)29-19-12-10-18(17-28)11-13-19/h3-5,7-15,25,30H,6,16H2,1-2H3,(H,29,33)(H,31,32)/b9-5+/t25-/m1/s1. The number of fused-ring (bicyclic) bond motifs is 1. The van der Waals surface area contributed by atoms with Gasteiger partial charge in [0.1, 0.15) is 11.9 Å². The highest BCUT2D eigenvalue weighted by molar-refractivity contribution is 5.91. The van der Waals surface area contributed by atoms with Gasteiger partial charge in [0.25, 0.3) is 0 Å². The third-order valence-electron chi connectivity index (χ3n) is 5.63. The van der Waals surface area contributed by atoms with Crippen LogP contribution in [-0.4, -0.2) is 22.3 Å². The maximum Gasteiger partial charge on any atom is 0.412 e. The molecular weight excluding hydrogens is 432 g/mol. The zero-order chi connectivity index (χ0) is 24.7. The maximum absolute atomic E-state index is 12.9. The number of carbonyl (C=O) groups is 2. The fourth-order valence-corrected chi connectivity index (χ4v) is 3.83. The van der Waals surface area contributed by atoms with E-state index in [1.165, 1.54) is 0 Å². The average Bonchev–Trinajstić information content (AvgIpc) is 2.81. The number of rotatable bonds is 8. The van der Waals surface area contributed by atoms with Crippen molar-refractivity contribution in [3.05, 3.63) is 83.9 Å². The molecule has 1 amide bonds. The van der Waals surface area contributed by atoms with Gasteiger partial charge < -0.3 is 14.9 Å². The SMILES string of the molecule is CC(C)(CC/C=C/C(=O)O)[C@H](OC(=O)Nc1ccc(C#N)cc1)c1ccc(O)c2ccccc12. The van der Waals surface area contributed by atoms with Gasteiger partial charge >= 0.3 is 12.1 Å². The number of carboxylic acids is 1. The Morgan fingerprint density at radius 3 is 2.41 bits per heavy atom. The van der Waals surface area contributed by atoms with Gasteiger partial charge in [-0.05, 0) is 48.6 Å². The van der Waals surface area contributed by atoms with E-state index < -0.39 is 23.6 Å². The predicted octanol–water partition coefficient (Wildman–Crippen LogP) is 6.15. The molecule has 0 saturated heterocycles.